The number of pyridine rings is 1. The van der Waals surface area contributed by atoms with Gasteiger partial charge in [0, 0.05) is 47.1 Å². The van der Waals surface area contributed by atoms with Crippen LogP contribution < -0.4 is 10.6 Å². The number of amides is 3. The van der Waals surface area contributed by atoms with Crippen molar-refractivity contribution >= 4 is 41.0 Å². The molecule has 0 spiro atoms. The van der Waals surface area contributed by atoms with Gasteiger partial charge in [-0.3, -0.25) is 24.2 Å². The van der Waals surface area contributed by atoms with Crippen molar-refractivity contribution in [2.45, 2.75) is 31.7 Å². The fourth-order valence-electron chi connectivity index (χ4n) is 5.91. The van der Waals surface area contributed by atoms with Gasteiger partial charge in [-0.15, -0.1) is 0 Å². The Balaban J connectivity index is 1.15. The van der Waals surface area contributed by atoms with Gasteiger partial charge in [0.1, 0.15) is 0 Å². The normalized spacial score (nSPS) is 13.5. The first-order chi connectivity index (χ1) is 25.7. The molecular weight excluding hydrogens is 700 g/mol. The smallest absolute Gasteiger partial charge is 0.305 e. The number of benzene rings is 3. The Morgan fingerprint density at radius 3 is 2.34 bits per heavy atom. The lowest BCUT2D eigenvalue weighted by molar-refractivity contribution is -0.138. The van der Waals surface area contributed by atoms with E-state index in [1.807, 2.05) is 12.1 Å². The molecule has 0 radical (unpaired) electrons. The molecule has 0 fully saturated rings. The molecule has 0 saturated carbocycles. The van der Waals surface area contributed by atoms with Crippen LogP contribution in [-0.4, -0.2) is 91.9 Å². The number of fused-ring (bicyclic) bond motifs is 1. The molecule has 1 aliphatic carbocycles. The number of anilines is 1. The average molecular weight is 743 g/mol. The van der Waals surface area contributed by atoms with E-state index in [0.717, 1.165) is 24.8 Å². The maximum atomic E-state index is 13.5. The highest BCUT2D eigenvalue weighted by atomic mass is 35.5. The van der Waals surface area contributed by atoms with Crippen LogP contribution in [0.2, 0.25) is 5.02 Å². The van der Waals surface area contributed by atoms with Gasteiger partial charge >= 0.3 is 5.97 Å². The lowest BCUT2D eigenvalue weighted by atomic mass is 9.87. The van der Waals surface area contributed by atoms with E-state index in [0.29, 0.717) is 66.1 Å². The molecule has 278 valence electrons. The van der Waals surface area contributed by atoms with E-state index in [9.17, 15) is 19.2 Å². The van der Waals surface area contributed by atoms with Gasteiger partial charge in [0.2, 0.25) is 0 Å². The summed E-state index contributed by atoms with van der Waals surface area (Å²) in [7, 11) is 1.65. The van der Waals surface area contributed by atoms with Crippen LogP contribution in [0.3, 0.4) is 0 Å². The number of likely N-dealkylation sites (N-methyl/N-ethyl adjacent to an activating group) is 1. The fraction of sp³-hybridized carbons (Fsp3) is 0.325. The summed E-state index contributed by atoms with van der Waals surface area (Å²) in [4.78, 5) is 56.6. The lowest BCUT2D eigenvalue weighted by Gasteiger charge is -2.26. The molecule has 0 saturated heterocycles. The van der Waals surface area contributed by atoms with Gasteiger partial charge in [-0.05, 0) is 78.9 Å². The van der Waals surface area contributed by atoms with E-state index in [2.05, 4.69) is 27.8 Å². The molecule has 0 bridgehead atoms. The first kappa shape index (κ1) is 39.1. The van der Waals surface area contributed by atoms with Crippen LogP contribution in [0, 0.1) is 0 Å². The number of ether oxygens (including phenoxy) is 3. The van der Waals surface area contributed by atoms with Crippen molar-refractivity contribution < 1.29 is 38.5 Å². The number of nitrogens with zero attached hydrogens (tertiary/aromatic N) is 2. The van der Waals surface area contributed by atoms with Crippen molar-refractivity contribution in [1.82, 2.24) is 15.2 Å². The minimum absolute atomic E-state index is 0.0506. The number of aromatic nitrogens is 1. The number of carbonyl (C=O) groups excluding carboxylic acids is 3. The van der Waals surface area contributed by atoms with Gasteiger partial charge < -0.3 is 34.9 Å². The summed E-state index contributed by atoms with van der Waals surface area (Å²) in [5, 5.41) is 15.1. The van der Waals surface area contributed by atoms with Gasteiger partial charge in [-0.2, -0.15) is 0 Å². The molecule has 3 N–H and O–H groups in total. The van der Waals surface area contributed by atoms with Crippen LogP contribution in [0.25, 0.3) is 11.3 Å². The average Bonchev–Trinajstić information content (AvgIpc) is 3.17. The summed E-state index contributed by atoms with van der Waals surface area (Å²) in [6, 6.07) is 22.9. The van der Waals surface area contributed by atoms with E-state index in [4.69, 9.17) is 30.9 Å². The summed E-state index contributed by atoms with van der Waals surface area (Å²) in [5.41, 5.74) is 4.87. The second-order valence-corrected chi connectivity index (χ2v) is 12.9. The van der Waals surface area contributed by atoms with E-state index in [1.54, 1.807) is 61.8 Å². The van der Waals surface area contributed by atoms with Crippen LogP contribution in [-0.2, 0) is 25.4 Å². The maximum Gasteiger partial charge on any atom is 0.305 e. The fourth-order valence-corrected chi connectivity index (χ4v) is 6.09. The van der Waals surface area contributed by atoms with Gasteiger partial charge in [0.25, 0.3) is 17.7 Å². The standard InChI is InChI=1S/C40H43ClN4O8/c1-45(17-19-52-21-23-53-22-20-51-18-15-37(46)47)40(50)30-9-4-8-28(24-30)38(48)44-35-13-12-31(41)26-33(35)36-25-29(14-16-42-36)39(49)43-34-11-5-7-27-6-2-3-10-32(27)34/h2-4,6,8-10,12-14,16,24-26,34H,5,7,11,15,17-23H2,1H3,(H,43,49)(H,44,48)(H,46,47). The predicted molar refractivity (Wildman–Crippen MR) is 200 cm³/mol. The molecule has 12 nitrogen and oxygen atoms in total. The van der Waals surface area contributed by atoms with Crippen LogP contribution in [0.4, 0.5) is 5.69 Å². The summed E-state index contributed by atoms with van der Waals surface area (Å²) >= 11 is 6.38. The van der Waals surface area contributed by atoms with E-state index >= 15 is 0 Å². The number of aliphatic carboxylic acids is 1. The topological polar surface area (TPSA) is 156 Å². The number of carboxylic acids is 1. The molecule has 53 heavy (non-hydrogen) atoms. The number of hydrogen-bond acceptors (Lipinski definition) is 8. The quantitative estimate of drug-likeness (QED) is 0.103. The zero-order valence-electron chi connectivity index (χ0n) is 29.5. The molecule has 1 unspecified atom stereocenters. The highest BCUT2D eigenvalue weighted by Crippen LogP contribution is 2.32. The van der Waals surface area contributed by atoms with Gasteiger partial charge in [0.15, 0.2) is 0 Å². The van der Waals surface area contributed by atoms with E-state index < -0.39 is 11.9 Å². The van der Waals surface area contributed by atoms with Crippen molar-refractivity contribution in [2.75, 3.05) is 58.6 Å². The Morgan fingerprint density at radius 2 is 1.55 bits per heavy atom. The highest BCUT2D eigenvalue weighted by molar-refractivity contribution is 6.31. The van der Waals surface area contributed by atoms with Crippen molar-refractivity contribution in [3.8, 4) is 11.3 Å². The Kier molecular flexibility index (Phi) is 14.5. The van der Waals surface area contributed by atoms with Crippen molar-refractivity contribution in [3.63, 3.8) is 0 Å². The molecule has 1 heterocycles. The molecule has 1 atom stereocenters. The zero-order chi connectivity index (χ0) is 37.6. The van der Waals surface area contributed by atoms with Crippen molar-refractivity contribution in [3.05, 3.63) is 118 Å². The third kappa shape index (κ3) is 11.4. The second kappa shape index (κ2) is 19.6. The summed E-state index contributed by atoms with van der Waals surface area (Å²) in [6.45, 7) is 2.01. The molecule has 5 rings (SSSR count). The first-order valence-electron chi connectivity index (χ1n) is 17.5. The number of rotatable bonds is 18. The maximum absolute atomic E-state index is 13.5. The highest BCUT2D eigenvalue weighted by Gasteiger charge is 2.23. The predicted octanol–water partition coefficient (Wildman–Crippen LogP) is 6.06. The third-order valence-electron chi connectivity index (χ3n) is 8.70. The summed E-state index contributed by atoms with van der Waals surface area (Å²) < 4.78 is 16.1. The third-order valence-corrected chi connectivity index (χ3v) is 8.93. The Bertz CT molecular complexity index is 1900. The first-order valence-corrected chi connectivity index (χ1v) is 17.8. The van der Waals surface area contributed by atoms with Gasteiger partial charge in [-0.25, -0.2) is 0 Å². The number of carboxylic acid groups (broad SMARTS) is 1. The molecule has 4 aromatic rings. The minimum Gasteiger partial charge on any atom is -0.481 e. The Labute approximate surface area is 313 Å². The monoisotopic (exact) mass is 742 g/mol. The molecule has 13 heteroatoms. The Hall–Kier alpha value is -5.14. The molecule has 3 amide bonds. The zero-order valence-corrected chi connectivity index (χ0v) is 30.3. The molecule has 0 aliphatic heterocycles. The molecule has 3 aromatic carbocycles. The van der Waals surface area contributed by atoms with E-state index in [-0.39, 0.29) is 43.1 Å². The van der Waals surface area contributed by atoms with E-state index in [1.165, 1.54) is 16.5 Å². The number of aryl methyl sites for hydroxylation is 1. The van der Waals surface area contributed by atoms with Crippen molar-refractivity contribution in [2.24, 2.45) is 0 Å². The largest absolute Gasteiger partial charge is 0.481 e. The number of hydrogen-bond donors (Lipinski definition) is 3. The SMILES string of the molecule is CN(CCOCCOCCOCCC(=O)O)C(=O)c1cccc(C(=O)Nc2ccc(Cl)cc2-c2cc(C(=O)NC3CCCc4ccccc43)ccn2)c1. The van der Waals surface area contributed by atoms with Crippen LogP contribution >= 0.6 is 11.6 Å². The van der Waals surface area contributed by atoms with Crippen LogP contribution in [0.15, 0.2) is 85.1 Å². The molecule has 1 aromatic heterocycles. The molecular formula is C40H43ClN4O8. The number of nitrogens with one attached hydrogen (secondary N) is 2. The summed E-state index contributed by atoms with van der Waals surface area (Å²) in [6.07, 6.45) is 4.35. The van der Waals surface area contributed by atoms with Crippen molar-refractivity contribution in [1.29, 1.82) is 0 Å². The minimum atomic E-state index is -0.911. The van der Waals surface area contributed by atoms with Gasteiger partial charge in [0.05, 0.1) is 63.5 Å². The Morgan fingerprint density at radius 1 is 0.830 bits per heavy atom. The number of halogens is 1. The summed E-state index contributed by atoms with van der Waals surface area (Å²) in [5.74, 6) is -1.84. The lowest BCUT2D eigenvalue weighted by Crippen LogP contribution is -2.31. The van der Waals surface area contributed by atoms with Gasteiger partial charge in [-0.1, -0.05) is 41.9 Å². The number of carbonyl (C=O) groups is 4. The molecule has 1 aliphatic rings. The second-order valence-electron chi connectivity index (χ2n) is 12.5. The van der Waals surface area contributed by atoms with Crippen LogP contribution in [0.5, 0.6) is 0 Å². The van der Waals surface area contributed by atoms with Crippen LogP contribution in [0.1, 0.15) is 67.5 Å².